The lowest BCUT2D eigenvalue weighted by atomic mass is 9.90. The molecule has 0 amide bonds. The van der Waals surface area contributed by atoms with Gasteiger partial charge in [-0.05, 0) is 37.8 Å². The second-order valence-corrected chi connectivity index (χ2v) is 5.75. The molecule has 1 aromatic heterocycles. The molecule has 0 fully saturated rings. The second kappa shape index (κ2) is 7.05. The summed E-state index contributed by atoms with van der Waals surface area (Å²) in [5.41, 5.74) is 3.01. The molecule has 1 aromatic rings. The summed E-state index contributed by atoms with van der Waals surface area (Å²) < 4.78 is 0. The van der Waals surface area contributed by atoms with Gasteiger partial charge in [-0.25, -0.2) is 0 Å². The molecule has 0 aliphatic rings. The van der Waals surface area contributed by atoms with E-state index in [1.165, 1.54) is 35.4 Å². The lowest BCUT2D eigenvalue weighted by molar-refractivity contribution is 0.323. The molecule has 0 saturated carbocycles. The van der Waals surface area contributed by atoms with Crippen molar-refractivity contribution < 1.29 is 0 Å². The summed E-state index contributed by atoms with van der Waals surface area (Å²) in [5.74, 6) is 6.40. The third kappa shape index (κ3) is 3.58. The van der Waals surface area contributed by atoms with E-state index in [0.29, 0.717) is 12.0 Å². The molecular weight excluding hydrogens is 216 g/mol. The summed E-state index contributed by atoms with van der Waals surface area (Å²) in [6.45, 7) is 6.64. The van der Waals surface area contributed by atoms with E-state index in [1.807, 2.05) is 11.3 Å². The van der Waals surface area contributed by atoms with Crippen LogP contribution in [0.25, 0.3) is 0 Å². The van der Waals surface area contributed by atoms with Crippen LogP contribution in [0.15, 0.2) is 12.1 Å². The Bertz CT molecular complexity index is 290. The average molecular weight is 240 g/mol. The van der Waals surface area contributed by atoms with Gasteiger partial charge in [0.2, 0.25) is 0 Å². The summed E-state index contributed by atoms with van der Waals surface area (Å²) in [6, 6.07) is 4.72. The monoisotopic (exact) mass is 240 g/mol. The normalized spacial score (nSPS) is 13.3. The number of hydrazine groups is 1. The number of thiophene rings is 1. The summed E-state index contributed by atoms with van der Waals surface area (Å²) in [4.78, 5) is 2.74. The molecule has 0 aliphatic heterocycles. The quantitative estimate of drug-likeness (QED) is 0.562. The Kier molecular flexibility index (Phi) is 6.03. The maximum atomic E-state index is 5.73. The van der Waals surface area contributed by atoms with E-state index in [4.69, 9.17) is 5.84 Å². The maximum Gasteiger partial charge on any atom is 0.0581 e. The van der Waals surface area contributed by atoms with Gasteiger partial charge in [0.05, 0.1) is 6.04 Å². The van der Waals surface area contributed by atoms with Crippen molar-refractivity contribution in [3.8, 4) is 0 Å². The van der Waals surface area contributed by atoms with Crippen LogP contribution in [0.3, 0.4) is 0 Å². The lowest BCUT2D eigenvalue weighted by Crippen LogP contribution is -2.33. The number of hydrogen-bond acceptors (Lipinski definition) is 3. The van der Waals surface area contributed by atoms with Gasteiger partial charge in [0.1, 0.15) is 0 Å². The van der Waals surface area contributed by atoms with Gasteiger partial charge in [-0.2, -0.15) is 0 Å². The van der Waals surface area contributed by atoms with Gasteiger partial charge in [-0.15, -0.1) is 11.3 Å². The zero-order valence-corrected chi connectivity index (χ0v) is 11.4. The largest absolute Gasteiger partial charge is 0.271 e. The van der Waals surface area contributed by atoms with Gasteiger partial charge in [0.15, 0.2) is 0 Å². The zero-order valence-electron chi connectivity index (χ0n) is 10.6. The molecule has 0 radical (unpaired) electrons. The molecule has 0 bridgehead atoms. The molecule has 0 spiro atoms. The van der Waals surface area contributed by atoms with Crippen molar-refractivity contribution in [1.82, 2.24) is 5.43 Å². The number of nitrogens with two attached hydrogens (primary N) is 1. The van der Waals surface area contributed by atoms with E-state index in [-0.39, 0.29) is 0 Å². The minimum absolute atomic E-state index is 0.332. The number of hydrogen-bond donors (Lipinski definition) is 2. The molecule has 0 aliphatic carbocycles. The van der Waals surface area contributed by atoms with Gasteiger partial charge in [0.25, 0.3) is 0 Å². The van der Waals surface area contributed by atoms with Crippen LogP contribution in [-0.4, -0.2) is 0 Å². The van der Waals surface area contributed by atoms with Crippen LogP contribution in [-0.2, 0) is 0 Å². The number of rotatable bonds is 7. The number of aryl methyl sites for hydroxylation is 1. The van der Waals surface area contributed by atoms with E-state index in [2.05, 4.69) is 38.3 Å². The van der Waals surface area contributed by atoms with Crippen molar-refractivity contribution >= 4 is 11.3 Å². The van der Waals surface area contributed by atoms with Crippen LogP contribution in [0, 0.1) is 12.8 Å². The summed E-state index contributed by atoms with van der Waals surface area (Å²) in [5, 5.41) is 0. The van der Waals surface area contributed by atoms with Crippen LogP contribution in [0.2, 0.25) is 0 Å². The molecule has 1 atom stereocenters. The van der Waals surface area contributed by atoms with Crippen LogP contribution >= 0.6 is 11.3 Å². The first-order chi connectivity index (χ1) is 7.72. The third-order valence-electron chi connectivity index (χ3n) is 3.04. The SMILES string of the molecule is CCCC(CCC)C(NN)c1ccc(C)s1. The Morgan fingerprint density at radius 3 is 2.25 bits per heavy atom. The minimum atomic E-state index is 0.332. The Labute approximate surface area is 103 Å². The standard InChI is InChI=1S/C13H24N2S/c1-4-6-11(7-5-2)13(15-14)12-9-8-10(3)16-12/h8-9,11,13,15H,4-7,14H2,1-3H3. The fraction of sp³-hybridized carbons (Fsp3) is 0.692. The van der Waals surface area contributed by atoms with E-state index >= 15 is 0 Å². The average Bonchev–Trinajstić information content (AvgIpc) is 2.67. The van der Waals surface area contributed by atoms with Crippen LogP contribution < -0.4 is 11.3 Å². The van der Waals surface area contributed by atoms with E-state index in [0.717, 1.165) is 0 Å². The van der Waals surface area contributed by atoms with Gasteiger partial charge < -0.3 is 0 Å². The van der Waals surface area contributed by atoms with Crippen molar-refractivity contribution in [3.63, 3.8) is 0 Å². The zero-order chi connectivity index (χ0) is 12.0. The Balaban J connectivity index is 2.76. The van der Waals surface area contributed by atoms with Crippen LogP contribution in [0.4, 0.5) is 0 Å². The first kappa shape index (κ1) is 13.7. The van der Waals surface area contributed by atoms with Gasteiger partial charge in [-0.3, -0.25) is 11.3 Å². The Morgan fingerprint density at radius 2 is 1.88 bits per heavy atom. The summed E-state index contributed by atoms with van der Waals surface area (Å²) >= 11 is 1.86. The summed E-state index contributed by atoms with van der Waals surface area (Å²) in [7, 11) is 0. The highest BCUT2D eigenvalue weighted by Gasteiger charge is 2.21. The summed E-state index contributed by atoms with van der Waals surface area (Å²) in [6.07, 6.45) is 4.96. The molecule has 3 N–H and O–H groups in total. The molecule has 1 rings (SSSR count). The van der Waals surface area contributed by atoms with Gasteiger partial charge in [0, 0.05) is 9.75 Å². The molecule has 1 unspecified atom stereocenters. The Morgan fingerprint density at radius 1 is 1.25 bits per heavy atom. The van der Waals surface area contributed by atoms with Crippen molar-refractivity contribution in [1.29, 1.82) is 0 Å². The molecule has 16 heavy (non-hydrogen) atoms. The number of nitrogens with one attached hydrogen (secondary N) is 1. The molecule has 2 nitrogen and oxygen atoms in total. The maximum absolute atomic E-state index is 5.73. The van der Waals surface area contributed by atoms with E-state index in [1.54, 1.807) is 0 Å². The van der Waals surface area contributed by atoms with Gasteiger partial charge >= 0.3 is 0 Å². The van der Waals surface area contributed by atoms with Crippen LogP contribution in [0.1, 0.15) is 55.3 Å². The van der Waals surface area contributed by atoms with Crippen molar-refractivity contribution in [3.05, 3.63) is 21.9 Å². The van der Waals surface area contributed by atoms with Crippen LogP contribution in [0.5, 0.6) is 0 Å². The van der Waals surface area contributed by atoms with Crippen molar-refractivity contribution in [2.75, 3.05) is 0 Å². The highest BCUT2D eigenvalue weighted by atomic mass is 32.1. The van der Waals surface area contributed by atoms with Gasteiger partial charge in [-0.1, -0.05) is 26.7 Å². The highest BCUT2D eigenvalue weighted by molar-refractivity contribution is 7.12. The third-order valence-corrected chi connectivity index (χ3v) is 4.12. The highest BCUT2D eigenvalue weighted by Crippen LogP contribution is 2.32. The molecule has 0 saturated heterocycles. The predicted octanol–water partition coefficient (Wildman–Crippen LogP) is 3.78. The minimum Gasteiger partial charge on any atom is -0.271 e. The molecule has 1 heterocycles. The van der Waals surface area contributed by atoms with Crippen molar-refractivity contribution in [2.24, 2.45) is 11.8 Å². The fourth-order valence-electron chi connectivity index (χ4n) is 2.29. The van der Waals surface area contributed by atoms with E-state index < -0.39 is 0 Å². The molecule has 92 valence electrons. The smallest absolute Gasteiger partial charge is 0.0581 e. The van der Waals surface area contributed by atoms with Crippen molar-refractivity contribution in [2.45, 2.75) is 52.5 Å². The molecule has 0 aromatic carbocycles. The van der Waals surface area contributed by atoms with E-state index in [9.17, 15) is 0 Å². The second-order valence-electron chi connectivity index (χ2n) is 4.43. The first-order valence-corrected chi connectivity index (χ1v) is 7.07. The fourth-order valence-corrected chi connectivity index (χ4v) is 3.32. The molecule has 3 heteroatoms. The predicted molar refractivity (Wildman–Crippen MR) is 72.4 cm³/mol. The Hall–Kier alpha value is -0.380. The molecular formula is C13H24N2S. The first-order valence-electron chi connectivity index (χ1n) is 6.25. The topological polar surface area (TPSA) is 38.0 Å². The lowest BCUT2D eigenvalue weighted by Gasteiger charge is -2.25.